The van der Waals surface area contributed by atoms with Gasteiger partial charge >= 0.3 is 0 Å². The van der Waals surface area contributed by atoms with E-state index >= 15 is 0 Å². The van der Waals surface area contributed by atoms with Gasteiger partial charge in [0.15, 0.2) is 0 Å². The predicted octanol–water partition coefficient (Wildman–Crippen LogP) is 0.331. The molecule has 0 spiro atoms. The van der Waals surface area contributed by atoms with Gasteiger partial charge in [0, 0.05) is 38.1 Å². The number of carbonyl (C=O) groups is 1. The molecule has 1 fully saturated rings. The smallest absolute Gasteiger partial charge is 0.228 e. The van der Waals surface area contributed by atoms with E-state index in [4.69, 9.17) is 0 Å². The lowest BCUT2D eigenvalue weighted by atomic mass is 10.2. The highest BCUT2D eigenvalue weighted by molar-refractivity contribution is 5.78. The highest BCUT2D eigenvalue weighted by Gasteiger charge is 2.18. The molecule has 4 nitrogen and oxygen atoms in total. The van der Waals surface area contributed by atoms with Gasteiger partial charge in [-0.25, -0.2) is 0 Å². The minimum Gasteiger partial charge on any atom is -0.365 e. The standard InChI is InChI=1S/C11H17N3O/c1-13-5-7-14(8-6-13)11(15)9-10-3-2-4-12-10/h2-4,12H,5-9H2,1H3. The number of rotatable bonds is 2. The maximum Gasteiger partial charge on any atom is 0.228 e. The van der Waals surface area contributed by atoms with Crippen molar-refractivity contribution in [2.24, 2.45) is 0 Å². The van der Waals surface area contributed by atoms with E-state index in [1.54, 1.807) is 0 Å². The molecular formula is C11H17N3O. The summed E-state index contributed by atoms with van der Waals surface area (Å²) in [5, 5.41) is 0. The van der Waals surface area contributed by atoms with Crippen LogP contribution in [-0.2, 0) is 11.2 Å². The van der Waals surface area contributed by atoms with Gasteiger partial charge in [-0.3, -0.25) is 4.79 Å². The number of carbonyl (C=O) groups excluding carboxylic acids is 1. The lowest BCUT2D eigenvalue weighted by Crippen LogP contribution is -2.47. The summed E-state index contributed by atoms with van der Waals surface area (Å²) in [6, 6.07) is 3.88. The molecule has 1 aromatic rings. The second-order valence-corrected chi connectivity index (χ2v) is 4.06. The molecule has 0 aliphatic carbocycles. The first-order valence-corrected chi connectivity index (χ1v) is 5.34. The number of aromatic nitrogens is 1. The average Bonchev–Trinajstić information content (AvgIpc) is 2.71. The van der Waals surface area contributed by atoms with E-state index in [0.717, 1.165) is 31.9 Å². The predicted molar refractivity (Wildman–Crippen MR) is 58.6 cm³/mol. The van der Waals surface area contributed by atoms with E-state index in [1.165, 1.54) is 0 Å². The van der Waals surface area contributed by atoms with Crippen LogP contribution in [0.25, 0.3) is 0 Å². The van der Waals surface area contributed by atoms with Gasteiger partial charge in [-0.2, -0.15) is 0 Å². The van der Waals surface area contributed by atoms with Gasteiger partial charge < -0.3 is 14.8 Å². The molecule has 2 heterocycles. The lowest BCUT2D eigenvalue weighted by Gasteiger charge is -2.32. The molecule has 0 unspecified atom stereocenters. The number of amides is 1. The summed E-state index contributed by atoms with van der Waals surface area (Å²) < 4.78 is 0. The third-order valence-electron chi connectivity index (χ3n) is 2.86. The topological polar surface area (TPSA) is 39.3 Å². The first kappa shape index (κ1) is 10.2. The van der Waals surface area contributed by atoms with Gasteiger partial charge in [0.2, 0.25) is 5.91 Å². The monoisotopic (exact) mass is 207 g/mol. The van der Waals surface area contributed by atoms with Crippen LogP contribution >= 0.6 is 0 Å². The Morgan fingerprint density at radius 1 is 1.40 bits per heavy atom. The molecule has 1 amide bonds. The number of aromatic amines is 1. The highest BCUT2D eigenvalue weighted by atomic mass is 16.2. The van der Waals surface area contributed by atoms with Crippen LogP contribution in [0.1, 0.15) is 5.69 Å². The number of hydrogen-bond acceptors (Lipinski definition) is 2. The van der Waals surface area contributed by atoms with E-state index in [0.29, 0.717) is 6.42 Å². The van der Waals surface area contributed by atoms with Crippen molar-refractivity contribution in [3.63, 3.8) is 0 Å². The Morgan fingerprint density at radius 3 is 2.73 bits per heavy atom. The highest BCUT2D eigenvalue weighted by Crippen LogP contribution is 2.04. The minimum absolute atomic E-state index is 0.227. The molecule has 0 atom stereocenters. The Kier molecular flexibility index (Phi) is 3.06. The lowest BCUT2D eigenvalue weighted by molar-refractivity contribution is -0.132. The van der Waals surface area contributed by atoms with Crippen LogP contribution in [-0.4, -0.2) is 53.9 Å². The third-order valence-corrected chi connectivity index (χ3v) is 2.86. The van der Waals surface area contributed by atoms with Gasteiger partial charge in [-0.05, 0) is 19.2 Å². The summed E-state index contributed by atoms with van der Waals surface area (Å²) in [5.74, 6) is 0.227. The Labute approximate surface area is 89.9 Å². The number of piperazine rings is 1. The fourth-order valence-electron chi connectivity index (χ4n) is 1.81. The van der Waals surface area contributed by atoms with Crippen molar-refractivity contribution < 1.29 is 4.79 Å². The third kappa shape index (κ3) is 2.59. The molecule has 4 heteroatoms. The van der Waals surface area contributed by atoms with Crippen molar-refractivity contribution in [1.82, 2.24) is 14.8 Å². The van der Waals surface area contributed by atoms with Crippen LogP contribution < -0.4 is 0 Å². The summed E-state index contributed by atoms with van der Waals surface area (Å²) in [4.78, 5) is 19.1. The van der Waals surface area contributed by atoms with E-state index < -0.39 is 0 Å². The summed E-state index contributed by atoms with van der Waals surface area (Å²) >= 11 is 0. The van der Waals surface area contributed by atoms with Gasteiger partial charge in [-0.1, -0.05) is 0 Å². The SMILES string of the molecule is CN1CCN(C(=O)Cc2ccc[nH]2)CC1. The molecule has 0 radical (unpaired) electrons. The molecule has 82 valence electrons. The maximum atomic E-state index is 11.9. The number of hydrogen-bond donors (Lipinski definition) is 1. The summed E-state index contributed by atoms with van der Waals surface area (Å²) in [6.07, 6.45) is 2.35. The molecule has 0 aromatic carbocycles. The molecular weight excluding hydrogens is 190 g/mol. The van der Waals surface area contributed by atoms with E-state index in [9.17, 15) is 4.79 Å². The van der Waals surface area contributed by atoms with Crippen molar-refractivity contribution in [1.29, 1.82) is 0 Å². The van der Waals surface area contributed by atoms with Crippen LogP contribution in [0.15, 0.2) is 18.3 Å². The van der Waals surface area contributed by atoms with Crippen molar-refractivity contribution in [3.8, 4) is 0 Å². The van der Waals surface area contributed by atoms with Gasteiger partial charge in [0.25, 0.3) is 0 Å². The second-order valence-electron chi connectivity index (χ2n) is 4.06. The summed E-state index contributed by atoms with van der Waals surface area (Å²) in [7, 11) is 2.09. The first-order valence-electron chi connectivity index (χ1n) is 5.34. The molecule has 1 aliphatic heterocycles. The maximum absolute atomic E-state index is 11.9. The average molecular weight is 207 g/mol. The van der Waals surface area contributed by atoms with E-state index in [2.05, 4.69) is 16.9 Å². The normalized spacial score (nSPS) is 18.1. The van der Waals surface area contributed by atoms with Crippen LogP contribution in [0.3, 0.4) is 0 Å². The Hall–Kier alpha value is -1.29. The number of H-pyrrole nitrogens is 1. The zero-order valence-corrected chi connectivity index (χ0v) is 9.07. The zero-order chi connectivity index (χ0) is 10.7. The Morgan fingerprint density at radius 2 is 2.13 bits per heavy atom. The van der Waals surface area contributed by atoms with Gasteiger partial charge in [-0.15, -0.1) is 0 Å². The van der Waals surface area contributed by atoms with Crippen molar-refractivity contribution in [3.05, 3.63) is 24.0 Å². The van der Waals surface area contributed by atoms with Crippen molar-refractivity contribution in [2.75, 3.05) is 33.2 Å². The van der Waals surface area contributed by atoms with E-state index in [1.807, 2.05) is 23.2 Å². The zero-order valence-electron chi connectivity index (χ0n) is 9.07. The van der Waals surface area contributed by atoms with Crippen LogP contribution in [0.4, 0.5) is 0 Å². The molecule has 1 saturated heterocycles. The molecule has 0 saturated carbocycles. The number of likely N-dealkylation sites (N-methyl/N-ethyl adjacent to an activating group) is 1. The molecule has 2 rings (SSSR count). The number of nitrogens with zero attached hydrogens (tertiary/aromatic N) is 2. The fourth-order valence-corrected chi connectivity index (χ4v) is 1.81. The second kappa shape index (κ2) is 4.49. The van der Waals surface area contributed by atoms with Crippen LogP contribution in [0, 0.1) is 0 Å². The van der Waals surface area contributed by atoms with Crippen LogP contribution in [0.2, 0.25) is 0 Å². The Balaban J connectivity index is 1.86. The van der Waals surface area contributed by atoms with Gasteiger partial charge in [0.05, 0.1) is 6.42 Å². The van der Waals surface area contributed by atoms with Crippen LogP contribution in [0.5, 0.6) is 0 Å². The fraction of sp³-hybridized carbons (Fsp3) is 0.545. The van der Waals surface area contributed by atoms with E-state index in [-0.39, 0.29) is 5.91 Å². The Bertz CT molecular complexity index is 313. The van der Waals surface area contributed by atoms with Gasteiger partial charge in [0.1, 0.15) is 0 Å². The minimum atomic E-state index is 0.227. The molecule has 1 N–H and O–H groups in total. The largest absolute Gasteiger partial charge is 0.365 e. The first-order chi connectivity index (χ1) is 7.25. The van der Waals surface area contributed by atoms with Crippen molar-refractivity contribution >= 4 is 5.91 Å². The summed E-state index contributed by atoms with van der Waals surface area (Å²) in [6.45, 7) is 3.68. The molecule has 1 aromatic heterocycles. The molecule has 15 heavy (non-hydrogen) atoms. The summed E-state index contributed by atoms with van der Waals surface area (Å²) in [5.41, 5.74) is 0.999. The van der Waals surface area contributed by atoms with Crippen molar-refractivity contribution in [2.45, 2.75) is 6.42 Å². The quantitative estimate of drug-likeness (QED) is 0.759. The number of nitrogens with one attached hydrogen (secondary N) is 1. The molecule has 0 bridgehead atoms. The molecule has 1 aliphatic rings.